The van der Waals surface area contributed by atoms with Crippen LogP contribution in [-0.4, -0.2) is 21.9 Å². The Bertz CT molecular complexity index is 982. The summed E-state index contributed by atoms with van der Waals surface area (Å²) in [6, 6.07) is 21.7. The number of thiophene rings is 1. The van der Waals surface area contributed by atoms with Gasteiger partial charge in [0.2, 0.25) is 5.91 Å². The number of carboxylic acids is 1. The van der Waals surface area contributed by atoms with Gasteiger partial charge in [-0.2, -0.15) is 0 Å². The van der Waals surface area contributed by atoms with Crippen LogP contribution in [0.25, 0.3) is 10.4 Å². The maximum Gasteiger partial charge on any atom is 0.346 e. The van der Waals surface area contributed by atoms with Gasteiger partial charge in [-0.25, -0.2) is 4.79 Å². The second-order valence-electron chi connectivity index (χ2n) is 6.98. The van der Waals surface area contributed by atoms with Gasteiger partial charge >= 0.3 is 5.97 Å². The minimum absolute atomic E-state index is 0.0100. The minimum atomic E-state index is -0.942. The van der Waals surface area contributed by atoms with E-state index in [9.17, 15) is 14.7 Å². The second-order valence-corrected chi connectivity index (χ2v) is 8.03. The molecule has 1 atom stereocenters. The summed E-state index contributed by atoms with van der Waals surface area (Å²) in [4.78, 5) is 27.6. The summed E-state index contributed by atoms with van der Waals surface area (Å²) in [5.74, 6) is -0.855. The Balaban J connectivity index is 1.69. The van der Waals surface area contributed by atoms with Gasteiger partial charge in [-0.3, -0.25) is 4.79 Å². The fraction of sp³-hybridized carbons (Fsp3) is 0.217. The first-order valence-corrected chi connectivity index (χ1v) is 10.2. The van der Waals surface area contributed by atoms with E-state index in [-0.39, 0.29) is 11.9 Å². The van der Waals surface area contributed by atoms with Gasteiger partial charge in [-0.1, -0.05) is 60.7 Å². The first-order valence-electron chi connectivity index (χ1n) is 9.39. The summed E-state index contributed by atoms with van der Waals surface area (Å²) >= 11 is 1.27. The number of piperidine rings is 1. The Morgan fingerprint density at radius 2 is 1.75 bits per heavy atom. The number of benzene rings is 2. The van der Waals surface area contributed by atoms with Gasteiger partial charge in [0, 0.05) is 17.8 Å². The Morgan fingerprint density at radius 3 is 2.43 bits per heavy atom. The molecule has 3 aromatic rings. The van der Waals surface area contributed by atoms with Crippen molar-refractivity contribution in [1.82, 2.24) is 4.90 Å². The maximum atomic E-state index is 12.7. The van der Waals surface area contributed by atoms with Gasteiger partial charge in [-0.15, -0.1) is 11.3 Å². The summed E-state index contributed by atoms with van der Waals surface area (Å²) in [7, 11) is 0. The number of rotatable bonds is 5. The zero-order chi connectivity index (χ0) is 19.5. The monoisotopic (exact) mass is 391 g/mol. The molecule has 1 amide bonds. The van der Waals surface area contributed by atoms with E-state index in [0.717, 1.165) is 28.8 Å². The average Bonchev–Trinajstić information content (AvgIpc) is 3.15. The molecule has 5 heteroatoms. The molecule has 0 aliphatic carbocycles. The molecule has 0 spiro atoms. The predicted octanol–water partition coefficient (Wildman–Crippen LogP) is 5.37. The minimum Gasteiger partial charge on any atom is -0.477 e. The molecule has 2 aromatic carbocycles. The molecule has 1 fully saturated rings. The van der Waals surface area contributed by atoms with E-state index in [4.69, 9.17) is 0 Å². The van der Waals surface area contributed by atoms with Crippen LogP contribution < -0.4 is 0 Å². The van der Waals surface area contributed by atoms with Crippen LogP contribution in [0.1, 0.15) is 46.1 Å². The molecule has 1 N–H and O–H groups in total. The van der Waals surface area contributed by atoms with Crippen molar-refractivity contribution in [3.05, 3.63) is 82.7 Å². The lowest BCUT2D eigenvalue weighted by Gasteiger charge is -2.36. The normalized spacial score (nSPS) is 16.9. The fourth-order valence-corrected chi connectivity index (χ4v) is 4.81. The highest BCUT2D eigenvalue weighted by molar-refractivity contribution is 7.17. The summed E-state index contributed by atoms with van der Waals surface area (Å²) in [5, 5.41) is 9.71. The van der Waals surface area contributed by atoms with Crippen molar-refractivity contribution in [2.24, 2.45) is 0 Å². The van der Waals surface area contributed by atoms with E-state index < -0.39 is 5.97 Å². The molecular formula is C23H21NO3S. The first kappa shape index (κ1) is 18.4. The lowest BCUT2D eigenvalue weighted by atomic mass is 9.94. The van der Waals surface area contributed by atoms with Crippen LogP contribution in [0.15, 0.2) is 66.7 Å². The van der Waals surface area contributed by atoms with Crippen LogP contribution in [0.3, 0.4) is 0 Å². The molecule has 1 unspecified atom stereocenters. The lowest BCUT2D eigenvalue weighted by Crippen LogP contribution is -2.37. The molecule has 4 nitrogen and oxygen atoms in total. The number of carbonyl (C=O) groups is 2. The Hall–Kier alpha value is -2.92. The van der Waals surface area contributed by atoms with Crippen LogP contribution in [0.5, 0.6) is 0 Å². The number of amides is 1. The third-order valence-corrected chi connectivity index (χ3v) is 6.37. The van der Waals surface area contributed by atoms with Gasteiger partial charge in [-0.05, 0) is 35.6 Å². The quantitative estimate of drug-likeness (QED) is 0.636. The van der Waals surface area contributed by atoms with Gasteiger partial charge < -0.3 is 10.0 Å². The van der Waals surface area contributed by atoms with Crippen molar-refractivity contribution in [2.45, 2.75) is 31.8 Å². The SMILES string of the molecule is O=C(O)c1sc(-c2ccccc2)cc1CN1C(=O)CCCC1c1ccccc1. The molecule has 4 rings (SSSR count). The second kappa shape index (κ2) is 7.98. The van der Waals surface area contributed by atoms with Gasteiger partial charge in [0.25, 0.3) is 0 Å². The van der Waals surface area contributed by atoms with Crippen LogP contribution in [-0.2, 0) is 11.3 Å². The highest BCUT2D eigenvalue weighted by atomic mass is 32.1. The van der Waals surface area contributed by atoms with E-state index in [1.54, 1.807) is 0 Å². The van der Waals surface area contributed by atoms with Crippen LogP contribution in [0, 0.1) is 0 Å². The smallest absolute Gasteiger partial charge is 0.346 e. The summed E-state index contributed by atoms with van der Waals surface area (Å²) in [5.41, 5.74) is 2.80. The van der Waals surface area contributed by atoms with Crippen molar-refractivity contribution < 1.29 is 14.7 Å². The highest BCUT2D eigenvalue weighted by Gasteiger charge is 2.30. The Kier molecular flexibility index (Phi) is 5.26. The highest BCUT2D eigenvalue weighted by Crippen LogP contribution is 2.37. The van der Waals surface area contributed by atoms with Crippen molar-refractivity contribution in [1.29, 1.82) is 0 Å². The van der Waals surface area contributed by atoms with E-state index >= 15 is 0 Å². The van der Waals surface area contributed by atoms with Gasteiger partial charge in [0.15, 0.2) is 0 Å². The summed E-state index contributed by atoms with van der Waals surface area (Å²) in [6.45, 7) is 0.323. The number of carbonyl (C=O) groups excluding carboxylic acids is 1. The number of hydrogen-bond acceptors (Lipinski definition) is 3. The number of likely N-dealkylation sites (tertiary alicyclic amines) is 1. The van der Waals surface area contributed by atoms with Crippen LogP contribution in [0.2, 0.25) is 0 Å². The standard InChI is InChI=1S/C23H21NO3S/c25-21-13-7-12-19(16-8-3-1-4-9-16)24(21)15-18-14-20(28-22(18)23(26)27)17-10-5-2-6-11-17/h1-6,8-11,14,19H,7,12-13,15H2,(H,26,27). The average molecular weight is 391 g/mol. The molecule has 1 aromatic heterocycles. The fourth-order valence-electron chi connectivity index (χ4n) is 3.80. The summed E-state index contributed by atoms with van der Waals surface area (Å²) < 4.78 is 0. The number of carboxylic acid groups (broad SMARTS) is 1. The molecule has 1 aliphatic heterocycles. The molecule has 0 bridgehead atoms. The molecule has 28 heavy (non-hydrogen) atoms. The van der Waals surface area contributed by atoms with E-state index in [2.05, 4.69) is 0 Å². The first-order chi connectivity index (χ1) is 13.6. The van der Waals surface area contributed by atoms with E-state index in [1.165, 1.54) is 11.3 Å². The number of aromatic carboxylic acids is 1. The largest absolute Gasteiger partial charge is 0.477 e. The van der Waals surface area contributed by atoms with Crippen LogP contribution in [0.4, 0.5) is 0 Å². The molecule has 2 heterocycles. The van der Waals surface area contributed by atoms with E-state index in [0.29, 0.717) is 23.4 Å². The molecule has 1 aliphatic rings. The molecular weight excluding hydrogens is 370 g/mol. The summed E-state index contributed by atoms with van der Waals surface area (Å²) in [6.07, 6.45) is 2.27. The van der Waals surface area contributed by atoms with Crippen molar-refractivity contribution >= 4 is 23.2 Å². The maximum absolute atomic E-state index is 12.7. The van der Waals surface area contributed by atoms with Crippen molar-refractivity contribution in [2.75, 3.05) is 0 Å². The zero-order valence-corrected chi connectivity index (χ0v) is 16.2. The lowest BCUT2D eigenvalue weighted by molar-refractivity contribution is -0.137. The van der Waals surface area contributed by atoms with E-state index in [1.807, 2.05) is 71.6 Å². The molecule has 142 valence electrons. The third kappa shape index (κ3) is 3.71. The topological polar surface area (TPSA) is 57.6 Å². The molecule has 0 radical (unpaired) electrons. The van der Waals surface area contributed by atoms with Crippen LogP contribution >= 0.6 is 11.3 Å². The van der Waals surface area contributed by atoms with Crippen molar-refractivity contribution in [3.8, 4) is 10.4 Å². The zero-order valence-electron chi connectivity index (χ0n) is 15.4. The molecule has 0 saturated carbocycles. The number of nitrogens with zero attached hydrogens (tertiary/aromatic N) is 1. The third-order valence-electron chi connectivity index (χ3n) is 5.15. The van der Waals surface area contributed by atoms with Gasteiger partial charge in [0.1, 0.15) is 4.88 Å². The Morgan fingerprint density at radius 1 is 1.07 bits per heavy atom. The van der Waals surface area contributed by atoms with Gasteiger partial charge in [0.05, 0.1) is 6.04 Å². The number of hydrogen-bond donors (Lipinski definition) is 1. The van der Waals surface area contributed by atoms with Crippen molar-refractivity contribution in [3.63, 3.8) is 0 Å². The molecule has 1 saturated heterocycles. The predicted molar refractivity (Wildman–Crippen MR) is 110 cm³/mol. The Labute approximate surface area is 168 Å².